The fourth-order valence-electron chi connectivity index (χ4n) is 9.15. The van der Waals surface area contributed by atoms with Crippen LogP contribution in [0.4, 0.5) is 0 Å². The predicted octanol–water partition coefficient (Wildman–Crippen LogP) is 19.5. The summed E-state index contributed by atoms with van der Waals surface area (Å²) in [5, 5.41) is 0. The Morgan fingerprint density at radius 3 is 0.615 bits per heavy atom. The zero-order valence-corrected chi connectivity index (χ0v) is 44.3. The summed E-state index contributed by atoms with van der Waals surface area (Å²) >= 11 is 0. The number of ether oxygens (including phenoxy) is 3. The third kappa shape index (κ3) is 53.2. The molecule has 0 rings (SSSR count). The molecule has 6 heteroatoms. The van der Waals surface area contributed by atoms with Gasteiger partial charge in [-0.15, -0.1) is 0 Å². The highest BCUT2D eigenvalue weighted by Gasteiger charge is 2.19. The van der Waals surface area contributed by atoms with Crippen molar-refractivity contribution in [3.63, 3.8) is 0 Å². The van der Waals surface area contributed by atoms with Crippen molar-refractivity contribution in [1.29, 1.82) is 0 Å². The lowest BCUT2D eigenvalue weighted by atomic mass is 10.0. The Morgan fingerprint density at radius 2 is 0.415 bits per heavy atom. The molecule has 0 radical (unpaired) electrons. The Balaban J connectivity index is 4.22. The van der Waals surface area contributed by atoms with Crippen molar-refractivity contribution in [1.82, 2.24) is 0 Å². The van der Waals surface area contributed by atoms with Crippen molar-refractivity contribution in [2.24, 2.45) is 0 Å². The maximum Gasteiger partial charge on any atom is 0.306 e. The van der Waals surface area contributed by atoms with E-state index in [4.69, 9.17) is 14.2 Å². The van der Waals surface area contributed by atoms with E-state index >= 15 is 0 Å². The van der Waals surface area contributed by atoms with Gasteiger partial charge in [-0.3, -0.25) is 14.4 Å². The molecule has 0 aromatic rings. The molecule has 0 bridgehead atoms. The first kappa shape index (κ1) is 63.4. The van der Waals surface area contributed by atoms with Gasteiger partial charge < -0.3 is 14.2 Å². The van der Waals surface area contributed by atoms with Gasteiger partial charge in [0.15, 0.2) is 6.10 Å². The van der Waals surface area contributed by atoms with Crippen LogP contribution in [-0.4, -0.2) is 37.2 Å². The summed E-state index contributed by atoms with van der Waals surface area (Å²) < 4.78 is 16.9. The van der Waals surface area contributed by atoms with Gasteiger partial charge in [-0.05, 0) is 19.3 Å². The molecule has 386 valence electrons. The van der Waals surface area contributed by atoms with Gasteiger partial charge in [0.1, 0.15) is 13.2 Å². The third-order valence-electron chi connectivity index (χ3n) is 13.6. The second kappa shape index (κ2) is 55.0. The lowest BCUT2D eigenvalue weighted by Crippen LogP contribution is -2.30. The topological polar surface area (TPSA) is 78.9 Å². The standard InChI is InChI=1S/C59H114O6/c1-4-7-10-13-16-19-22-24-26-28-30-32-34-36-38-41-44-47-50-53-59(62)65-56(54-63-57(60)51-48-45-42-39-21-18-15-12-9-6-3)55-64-58(61)52-49-46-43-40-37-35-33-31-29-27-25-23-20-17-14-11-8-5-2/h56H,4-55H2,1-3H3/t56-/m0/s1. The maximum atomic E-state index is 12.8. The largest absolute Gasteiger partial charge is 0.462 e. The Kier molecular flexibility index (Phi) is 53.7. The van der Waals surface area contributed by atoms with Crippen LogP contribution in [0.5, 0.6) is 0 Å². The van der Waals surface area contributed by atoms with E-state index in [0.29, 0.717) is 19.3 Å². The molecule has 0 unspecified atom stereocenters. The highest BCUT2D eigenvalue weighted by molar-refractivity contribution is 5.71. The van der Waals surface area contributed by atoms with Gasteiger partial charge in [0.2, 0.25) is 0 Å². The van der Waals surface area contributed by atoms with Crippen LogP contribution >= 0.6 is 0 Å². The highest BCUT2D eigenvalue weighted by atomic mass is 16.6. The summed E-state index contributed by atoms with van der Waals surface area (Å²) in [5.74, 6) is -0.833. The van der Waals surface area contributed by atoms with Gasteiger partial charge in [-0.1, -0.05) is 303 Å². The Hall–Kier alpha value is -1.59. The van der Waals surface area contributed by atoms with Crippen molar-refractivity contribution < 1.29 is 28.6 Å². The number of unbranched alkanes of at least 4 members (excludes halogenated alkanes) is 44. The average Bonchev–Trinajstić information content (AvgIpc) is 3.30. The molecule has 1 atom stereocenters. The van der Waals surface area contributed by atoms with Crippen LogP contribution in [-0.2, 0) is 28.6 Å². The molecule has 0 saturated carbocycles. The monoisotopic (exact) mass is 919 g/mol. The number of carbonyl (C=O) groups excluding carboxylic acids is 3. The summed E-state index contributed by atoms with van der Waals surface area (Å²) in [4.78, 5) is 38.1. The third-order valence-corrected chi connectivity index (χ3v) is 13.6. The van der Waals surface area contributed by atoms with E-state index in [0.717, 1.165) is 57.8 Å². The molecule has 0 heterocycles. The average molecular weight is 920 g/mol. The number of hydrogen-bond donors (Lipinski definition) is 0. The van der Waals surface area contributed by atoms with Crippen molar-refractivity contribution in [3.8, 4) is 0 Å². The number of rotatable bonds is 55. The minimum Gasteiger partial charge on any atom is -0.462 e. The molecule has 65 heavy (non-hydrogen) atoms. The van der Waals surface area contributed by atoms with Gasteiger partial charge in [0.25, 0.3) is 0 Å². The lowest BCUT2D eigenvalue weighted by Gasteiger charge is -2.18. The first-order valence-electron chi connectivity index (χ1n) is 29.5. The Morgan fingerprint density at radius 1 is 0.246 bits per heavy atom. The van der Waals surface area contributed by atoms with E-state index in [2.05, 4.69) is 20.8 Å². The summed E-state index contributed by atoms with van der Waals surface area (Å²) in [7, 11) is 0. The molecular weight excluding hydrogens is 805 g/mol. The molecule has 0 N–H and O–H groups in total. The van der Waals surface area contributed by atoms with Crippen LogP contribution < -0.4 is 0 Å². The zero-order valence-electron chi connectivity index (χ0n) is 44.3. The normalized spacial score (nSPS) is 11.9. The second-order valence-corrected chi connectivity index (χ2v) is 20.3. The van der Waals surface area contributed by atoms with Gasteiger partial charge in [0.05, 0.1) is 0 Å². The van der Waals surface area contributed by atoms with E-state index < -0.39 is 6.10 Å². The van der Waals surface area contributed by atoms with E-state index in [-0.39, 0.29) is 31.1 Å². The molecule has 0 aromatic heterocycles. The first-order chi connectivity index (χ1) is 32.0. The van der Waals surface area contributed by atoms with Crippen molar-refractivity contribution in [2.75, 3.05) is 13.2 Å². The SMILES string of the molecule is CCCCCCCCCCCCCCCCCCCCCC(=O)O[C@@H](COC(=O)CCCCCCCCCCCC)COC(=O)CCCCCCCCCCCCCCCCCCCC. The lowest BCUT2D eigenvalue weighted by molar-refractivity contribution is -0.167. The molecular formula is C59H114O6. The summed E-state index contributed by atoms with van der Waals surface area (Å²) in [6.07, 6.45) is 61.0. The molecule has 0 aliphatic heterocycles. The fraction of sp³-hybridized carbons (Fsp3) is 0.949. The predicted molar refractivity (Wildman–Crippen MR) is 280 cm³/mol. The quantitative estimate of drug-likeness (QED) is 0.0344. The van der Waals surface area contributed by atoms with Crippen LogP contribution in [0, 0.1) is 0 Å². The zero-order chi connectivity index (χ0) is 47.2. The number of hydrogen-bond acceptors (Lipinski definition) is 6. The summed E-state index contributed by atoms with van der Waals surface area (Å²) in [6.45, 7) is 6.70. The number of esters is 3. The molecule has 0 fully saturated rings. The minimum atomic E-state index is -0.760. The molecule has 0 aliphatic rings. The molecule has 0 saturated heterocycles. The minimum absolute atomic E-state index is 0.0612. The molecule has 0 aliphatic carbocycles. The van der Waals surface area contributed by atoms with E-state index in [1.165, 1.54) is 244 Å². The highest BCUT2D eigenvalue weighted by Crippen LogP contribution is 2.18. The van der Waals surface area contributed by atoms with E-state index in [1.54, 1.807) is 0 Å². The maximum absolute atomic E-state index is 12.8. The fourth-order valence-corrected chi connectivity index (χ4v) is 9.15. The number of carbonyl (C=O) groups is 3. The van der Waals surface area contributed by atoms with Crippen molar-refractivity contribution >= 4 is 17.9 Å². The van der Waals surface area contributed by atoms with Gasteiger partial charge >= 0.3 is 17.9 Å². The summed E-state index contributed by atoms with van der Waals surface area (Å²) in [6, 6.07) is 0. The second-order valence-electron chi connectivity index (χ2n) is 20.3. The van der Waals surface area contributed by atoms with Crippen LogP contribution in [0.1, 0.15) is 342 Å². The van der Waals surface area contributed by atoms with Crippen molar-refractivity contribution in [2.45, 2.75) is 348 Å². The van der Waals surface area contributed by atoms with Gasteiger partial charge in [-0.2, -0.15) is 0 Å². The van der Waals surface area contributed by atoms with Crippen LogP contribution in [0.15, 0.2) is 0 Å². The molecule has 0 amide bonds. The molecule has 6 nitrogen and oxygen atoms in total. The van der Waals surface area contributed by atoms with Crippen LogP contribution in [0.3, 0.4) is 0 Å². The van der Waals surface area contributed by atoms with Gasteiger partial charge in [-0.25, -0.2) is 0 Å². The Bertz CT molecular complexity index is 967. The van der Waals surface area contributed by atoms with Crippen molar-refractivity contribution in [3.05, 3.63) is 0 Å². The summed E-state index contributed by atoms with van der Waals surface area (Å²) in [5.41, 5.74) is 0. The first-order valence-corrected chi connectivity index (χ1v) is 29.5. The van der Waals surface area contributed by atoms with E-state index in [1.807, 2.05) is 0 Å². The molecule has 0 aromatic carbocycles. The van der Waals surface area contributed by atoms with Gasteiger partial charge in [0, 0.05) is 19.3 Å². The van der Waals surface area contributed by atoms with Crippen LogP contribution in [0.2, 0.25) is 0 Å². The smallest absolute Gasteiger partial charge is 0.306 e. The van der Waals surface area contributed by atoms with Crippen LogP contribution in [0.25, 0.3) is 0 Å². The Labute approximate surface area is 406 Å². The molecule has 0 spiro atoms. The van der Waals surface area contributed by atoms with E-state index in [9.17, 15) is 14.4 Å².